The van der Waals surface area contributed by atoms with Crippen LogP contribution < -0.4 is 0 Å². The van der Waals surface area contributed by atoms with Gasteiger partial charge >= 0.3 is 5.97 Å². The maximum Gasteiger partial charge on any atom is 0.338 e. The Kier molecular flexibility index (Phi) is 5.56. The molecular weight excluding hydrogens is 330 g/mol. The lowest BCUT2D eigenvalue weighted by Crippen LogP contribution is -2.40. The second-order valence-corrected chi connectivity index (χ2v) is 6.76. The van der Waals surface area contributed by atoms with E-state index in [0.717, 1.165) is 37.1 Å². The van der Waals surface area contributed by atoms with Crippen molar-refractivity contribution in [1.29, 1.82) is 0 Å². The highest BCUT2D eigenvalue weighted by atomic mass is 16.5. The van der Waals surface area contributed by atoms with Crippen molar-refractivity contribution in [2.24, 2.45) is 5.92 Å². The Morgan fingerprint density at radius 3 is 2.12 bits per heavy atom. The van der Waals surface area contributed by atoms with Crippen molar-refractivity contribution in [2.75, 3.05) is 19.7 Å². The number of nitrogens with zero attached hydrogens (tertiary/aromatic N) is 1. The molecule has 0 saturated carbocycles. The van der Waals surface area contributed by atoms with Gasteiger partial charge in [0.2, 0.25) is 0 Å². The van der Waals surface area contributed by atoms with E-state index in [1.165, 1.54) is 0 Å². The number of amides is 1. The van der Waals surface area contributed by atoms with E-state index in [4.69, 9.17) is 4.74 Å². The number of rotatable bonds is 4. The number of carbonyl (C=O) groups excluding carboxylic acids is 2. The van der Waals surface area contributed by atoms with Crippen molar-refractivity contribution in [2.45, 2.75) is 19.8 Å². The van der Waals surface area contributed by atoms with E-state index in [-0.39, 0.29) is 18.3 Å². The summed E-state index contributed by atoms with van der Waals surface area (Å²) < 4.78 is 5.17. The Balaban J connectivity index is 1.55. The number of hydrogen-bond acceptors (Lipinski definition) is 4. The van der Waals surface area contributed by atoms with E-state index in [0.29, 0.717) is 11.5 Å². The van der Waals surface area contributed by atoms with Crippen molar-refractivity contribution in [3.8, 4) is 16.9 Å². The van der Waals surface area contributed by atoms with E-state index in [1.54, 1.807) is 41.3 Å². The van der Waals surface area contributed by atoms with Gasteiger partial charge < -0.3 is 14.7 Å². The minimum atomic E-state index is -0.499. The lowest BCUT2D eigenvalue weighted by molar-refractivity contribution is -0.135. The molecule has 1 amide bonds. The molecule has 1 aliphatic heterocycles. The van der Waals surface area contributed by atoms with Crippen molar-refractivity contribution in [1.82, 2.24) is 4.90 Å². The van der Waals surface area contributed by atoms with Gasteiger partial charge in [-0.1, -0.05) is 31.2 Å². The smallest absolute Gasteiger partial charge is 0.338 e. The summed E-state index contributed by atoms with van der Waals surface area (Å²) in [6.45, 7) is 3.44. The van der Waals surface area contributed by atoms with Gasteiger partial charge in [0.15, 0.2) is 6.61 Å². The predicted molar refractivity (Wildman–Crippen MR) is 98.8 cm³/mol. The number of phenolic OH excluding ortho intramolecular Hbond substituents is 1. The van der Waals surface area contributed by atoms with E-state index < -0.39 is 5.97 Å². The molecule has 1 saturated heterocycles. The first kappa shape index (κ1) is 18.0. The maximum absolute atomic E-state index is 12.2. The van der Waals surface area contributed by atoms with Crippen LogP contribution in [-0.4, -0.2) is 41.6 Å². The second-order valence-electron chi connectivity index (χ2n) is 6.76. The molecule has 5 nitrogen and oxygen atoms in total. The van der Waals surface area contributed by atoms with Crippen LogP contribution >= 0.6 is 0 Å². The fourth-order valence-corrected chi connectivity index (χ4v) is 3.01. The molecule has 1 N–H and O–H groups in total. The van der Waals surface area contributed by atoms with Crippen LogP contribution in [0, 0.1) is 5.92 Å². The topological polar surface area (TPSA) is 66.8 Å². The number of aromatic hydroxyl groups is 1. The first-order chi connectivity index (χ1) is 12.5. The fraction of sp³-hybridized carbons (Fsp3) is 0.333. The van der Waals surface area contributed by atoms with Crippen LogP contribution in [-0.2, 0) is 9.53 Å². The van der Waals surface area contributed by atoms with Crippen LogP contribution in [0.15, 0.2) is 48.5 Å². The van der Waals surface area contributed by atoms with Gasteiger partial charge in [-0.05, 0) is 54.2 Å². The molecule has 0 aliphatic carbocycles. The number of phenols is 1. The number of hydrogen-bond donors (Lipinski definition) is 1. The third-order valence-corrected chi connectivity index (χ3v) is 4.78. The van der Waals surface area contributed by atoms with E-state index in [1.807, 2.05) is 12.1 Å². The lowest BCUT2D eigenvalue weighted by Gasteiger charge is -2.30. The molecule has 2 aromatic rings. The average molecular weight is 353 g/mol. The number of benzene rings is 2. The first-order valence-electron chi connectivity index (χ1n) is 8.87. The number of carbonyl (C=O) groups is 2. The Morgan fingerprint density at radius 2 is 1.54 bits per heavy atom. The standard InChI is InChI=1S/C21H23NO4/c1-15-10-12-22(13-11-15)20(24)14-26-21(25)18-4-2-16(3-5-18)17-6-8-19(23)9-7-17/h2-9,15,23H,10-14H2,1H3. The van der Waals surface area contributed by atoms with Crippen molar-refractivity contribution in [3.05, 3.63) is 54.1 Å². The van der Waals surface area contributed by atoms with Gasteiger partial charge in [0, 0.05) is 13.1 Å². The summed E-state index contributed by atoms with van der Waals surface area (Å²) in [5.74, 6) is 0.224. The van der Waals surface area contributed by atoms with Gasteiger partial charge in [-0.3, -0.25) is 4.79 Å². The summed E-state index contributed by atoms with van der Waals surface area (Å²) in [6.07, 6.45) is 2.00. The van der Waals surface area contributed by atoms with Gasteiger partial charge in [0.1, 0.15) is 5.75 Å². The number of esters is 1. The van der Waals surface area contributed by atoms with Crippen LogP contribution in [0.2, 0.25) is 0 Å². The van der Waals surface area contributed by atoms with Crippen LogP contribution in [0.25, 0.3) is 11.1 Å². The van der Waals surface area contributed by atoms with Crippen LogP contribution in [0.3, 0.4) is 0 Å². The monoisotopic (exact) mass is 353 g/mol. The molecule has 136 valence electrons. The molecule has 1 aliphatic rings. The zero-order valence-electron chi connectivity index (χ0n) is 14.9. The molecule has 5 heteroatoms. The first-order valence-corrected chi connectivity index (χ1v) is 8.87. The highest BCUT2D eigenvalue weighted by molar-refractivity contribution is 5.91. The molecule has 0 spiro atoms. The third kappa shape index (κ3) is 4.42. The third-order valence-electron chi connectivity index (χ3n) is 4.78. The quantitative estimate of drug-likeness (QED) is 0.855. The fourth-order valence-electron chi connectivity index (χ4n) is 3.01. The molecule has 0 radical (unpaired) electrons. The molecule has 2 aromatic carbocycles. The largest absolute Gasteiger partial charge is 0.508 e. The van der Waals surface area contributed by atoms with Crippen LogP contribution in [0.1, 0.15) is 30.1 Å². The molecule has 0 aromatic heterocycles. The SMILES string of the molecule is CC1CCN(C(=O)COC(=O)c2ccc(-c3ccc(O)cc3)cc2)CC1. The van der Waals surface area contributed by atoms with Gasteiger partial charge in [0.25, 0.3) is 5.91 Å². The van der Waals surface area contributed by atoms with Gasteiger partial charge in [-0.25, -0.2) is 4.79 Å². The highest BCUT2D eigenvalue weighted by Gasteiger charge is 2.21. The summed E-state index contributed by atoms with van der Waals surface area (Å²) in [5.41, 5.74) is 2.28. The van der Waals surface area contributed by atoms with Crippen LogP contribution in [0.4, 0.5) is 0 Å². The second kappa shape index (κ2) is 8.04. The van der Waals surface area contributed by atoms with Gasteiger partial charge in [-0.15, -0.1) is 0 Å². The predicted octanol–water partition coefficient (Wildman–Crippen LogP) is 3.47. The Hall–Kier alpha value is -2.82. The Labute approximate surface area is 153 Å². The molecule has 3 rings (SSSR count). The molecular formula is C21H23NO4. The van der Waals surface area contributed by atoms with Crippen molar-refractivity contribution < 1.29 is 19.4 Å². The number of likely N-dealkylation sites (tertiary alicyclic amines) is 1. The molecule has 26 heavy (non-hydrogen) atoms. The summed E-state index contributed by atoms with van der Waals surface area (Å²) in [6, 6.07) is 13.8. The maximum atomic E-state index is 12.2. The minimum Gasteiger partial charge on any atom is -0.508 e. The molecule has 0 atom stereocenters. The Morgan fingerprint density at radius 1 is 1.00 bits per heavy atom. The van der Waals surface area contributed by atoms with Crippen molar-refractivity contribution in [3.63, 3.8) is 0 Å². The number of piperidine rings is 1. The zero-order valence-corrected chi connectivity index (χ0v) is 14.9. The lowest BCUT2D eigenvalue weighted by atomic mass is 9.99. The summed E-state index contributed by atoms with van der Waals surface area (Å²) in [7, 11) is 0. The van der Waals surface area contributed by atoms with E-state index in [2.05, 4.69) is 6.92 Å². The van der Waals surface area contributed by atoms with Gasteiger partial charge in [0.05, 0.1) is 5.56 Å². The zero-order chi connectivity index (χ0) is 18.5. The molecule has 1 heterocycles. The average Bonchev–Trinajstić information content (AvgIpc) is 2.67. The van der Waals surface area contributed by atoms with Crippen molar-refractivity contribution >= 4 is 11.9 Å². The highest BCUT2D eigenvalue weighted by Crippen LogP contribution is 2.22. The minimum absolute atomic E-state index is 0.133. The van der Waals surface area contributed by atoms with E-state index in [9.17, 15) is 14.7 Å². The van der Waals surface area contributed by atoms with Gasteiger partial charge in [-0.2, -0.15) is 0 Å². The normalized spacial score (nSPS) is 14.9. The molecule has 0 unspecified atom stereocenters. The summed E-state index contributed by atoms with van der Waals surface area (Å²) in [5, 5.41) is 9.34. The van der Waals surface area contributed by atoms with Crippen LogP contribution in [0.5, 0.6) is 5.75 Å². The summed E-state index contributed by atoms with van der Waals surface area (Å²) in [4.78, 5) is 26.1. The molecule has 1 fully saturated rings. The molecule has 0 bridgehead atoms. The number of ether oxygens (including phenoxy) is 1. The summed E-state index contributed by atoms with van der Waals surface area (Å²) >= 11 is 0. The Bertz CT molecular complexity index is 760. The van der Waals surface area contributed by atoms with E-state index >= 15 is 0 Å².